The number of rotatable bonds is 3. The van der Waals surface area contributed by atoms with Gasteiger partial charge in [-0.2, -0.15) is 0 Å². The van der Waals surface area contributed by atoms with Crippen molar-refractivity contribution in [2.24, 2.45) is 0 Å². The molecule has 3 rings (SSSR count). The fourth-order valence-electron chi connectivity index (χ4n) is 2.80. The van der Waals surface area contributed by atoms with Crippen LogP contribution in [0.1, 0.15) is 30.0 Å². The molecule has 1 atom stereocenters. The van der Waals surface area contributed by atoms with Gasteiger partial charge in [0.2, 0.25) is 0 Å². The third-order valence-corrected chi connectivity index (χ3v) is 4.68. The summed E-state index contributed by atoms with van der Waals surface area (Å²) in [7, 11) is 0. The van der Waals surface area contributed by atoms with Gasteiger partial charge in [-0.05, 0) is 55.9 Å². The van der Waals surface area contributed by atoms with Gasteiger partial charge in [0.15, 0.2) is 0 Å². The fourth-order valence-corrected chi connectivity index (χ4v) is 3.21. The Hall–Kier alpha value is -1.61. The molecule has 2 aromatic carbocycles. The van der Waals surface area contributed by atoms with Gasteiger partial charge in [-0.25, -0.2) is 0 Å². The van der Waals surface area contributed by atoms with Crippen LogP contribution in [0.3, 0.4) is 0 Å². The molecule has 0 fully saturated rings. The first-order valence-electron chi connectivity index (χ1n) is 7.41. The van der Waals surface area contributed by atoms with Crippen LogP contribution in [0.4, 0.5) is 5.69 Å². The lowest BCUT2D eigenvalue weighted by molar-refractivity contribution is 0.314. The Morgan fingerprint density at radius 2 is 1.95 bits per heavy atom. The molecule has 1 aliphatic rings. The average Bonchev–Trinajstić information content (AvgIpc) is 2.72. The third kappa shape index (κ3) is 3.18. The Morgan fingerprint density at radius 3 is 2.71 bits per heavy atom. The van der Waals surface area contributed by atoms with Gasteiger partial charge in [0.1, 0.15) is 5.75 Å². The molecule has 0 spiro atoms. The molecule has 2 nitrogen and oxygen atoms in total. The van der Waals surface area contributed by atoms with Crippen molar-refractivity contribution in [3.05, 3.63) is 53.6 Å². The minimum atomic E-state index is 0.322. The summed E-state index contributed by atoms with van der Waals surface area (Å²) in [5, 5.41) is 3.67. The molecule has 110 valence electrons. The second-order valence-corrected chi connectivity index (χ2v) is 6.29. The van der Waals surface area contributed by atoms with Crippen molar-refractivity contribution in [2.75, 3.05) is 18.2 Å². The zero-order valence-corrected chi connectivity index (χ0v) is 13.4. The third-order valence-electron chi connectivity index (χ3n) is 3.93. The fraction of sp³-hybridized carbons (Fsp3) is 0.333. The molecule has 21 heavy (non-hydrogen) atoms. The van der Waals surface area contributed by atoms with E-state index in [9.17, 15) is 0 Å². The number of ether oxygens (including phenoxy) is 1. The SMILES string of the molecule is CSc1ccc(NC2CCCOc3c(C)cccc32)cc1. The minimum absolute atomic E-state index is 0.322. The number of hydrogen-bond donors (Lipinski definition) is 1. The maximum absolute atomic E-state index is 5.94. The monoisotopic (exact) mass is 299 g/mol. The molecule has 0 aliphatic carbocycles. The van der Waals surface area contributed by atoms with Crippen molar-refractivity contribution in [2.45, 2.75) is 30.7 Å². The highest BCUT2D eigenvalue weighted by molar-refractivity contribution is 7.98. The highest BCUT2D eigenvalue weighted by Crippen LogP contribution is 2.36. The molecule has 0 saturated heterocycles. The van der Waals surface area contributed by atoms with E-state index in [0.29, 0.717) is 6.04 Å². The summed E-state index contributed by atoms with van der Waals surface area (Å²) in [6.45, 7) is 2.93. The van der Waals surface area contributed by atoms with Crippen LogP contribution in [0.25, 0.3) is 0 Å². The number of aryl methyl sites for hydroxylation is 1. The van der Waals surface area contributed by atoms with E-state index >= 15 is 0 Å². The van der Waals surface area contributed by atoms with Gasteiger partial charge in [-0.15, -0.1) is 11.8 Å². The maximum Gasteiger partial charge on any atom is 0.127 e. The predicted octanol–water partition coefficient (Wildman–Crippen LogP) is 5.04. The zero-order valence-electron chi connectivity index (χ0n) is 12.6. The van der Waals surface area contributed by atoms with Crippen LogP contribution >= 0.6 is 11.8 Å². The quantitative estimate of drug-likeness (QED) is 0.802. The number of anilines is 1. The Labute approximate surface area is 130 Å². The minimum Gasteiger partial charge on any atom is -0.493 e. The zero-order chi connectivity index (χ0) is 14.7. The molecule has 0 bridgehead atoms. The van der Waals surface area contributed by atoms with Crippen LogP contribution in [0, 0.1) is 6.92 Å². The molecule has 2 aromatic rings. The van der Waals surface area contributed by atoms with E-state index in [1.54, 1.807) is 11.8 Å². The predicted molar refractivity (Wildman–Crippen MR) is 90.5 cm³/mol. The van der Waals surface area contributed by atoms with Crippen molar-refractivity contribution in [1.82, 2.24) is 0 Å². The van der Waals surface area contributed by atoms with E-state index in [0.717, 1.165) is 25.2 Å². The van der Waals surface area contributed by atoms with Crippen LogP contribution in [0.2, 0.25) is 0 Å². The standard InChI is InChI=1S/C18H21NOS/c1-13-5-3-6-16-17(7-4-12-20-18(13)16)19-14-8-10-15(21-2)11-9-14/h3,5-6,8-11,17,19H,4,7,12H2,1-2H3. The number of hydrogen-bond acceptors (Lipinski definition) is 3. The highest BCUT2D eigenvalue weighted by Gasteiger charge is 2.20. The molecule has 0 amide bonds. The van der Waals surface area contributed by atoms with E-state index < -0.39 is 0 Å². The lowest BCUT2D eigenvalue weighted by atomic mass is 9.99. The van der Waals surface area contributed by atoms with Crippen molar-refractivity contribution >= 4 is 17.4 Å². The molecule has 0 aromatic heterocycles. The molecule has 1 N–H and O–H groups in total. The highest BCUT2D eigenvalue weighted by atomic mass is 32.2. The van der Waals surface area contributed by atoms with Crippen molar-refractivity contribution < 1.29 is 4.74 Å². The summed E-state index contributed by atoms with van der Waals surface area (Å²) < 4.78 is 5.94. The molecule has 3 heteroatoms. The number of para-hydroxylation sites is 1. The smallest absolute Gasteiger partial charge is 0.127 e. The first-order chi connectivity index (χ1) is 10.3. The average molecular weight is 299 g/mol. The summed E-state index contributed by atoms with van der Waals surface area (Å²) in [5.41, 5.74) is 3.67. The Bertz CT molecular complexity index is 609. The number of nitrogens with one attached hydrogen (secondary N) is 1. The van der Waals surface area contributed by atoms with Crippen molar-refractivity contribution in [3.63, 3.8) is 0 Å². The van der Waals surface area contributed by atoms with E-state index in [-0.39, 0.29) is 0 Å². The van der Waals surface area contributed by atoms with Crippen molar-refractivity contribution in [3.8, 4) is 5.75 Å². The number of fused-ring (bicyclic) bond motifs is 1. The normalized spacial score (nSPS) is 17.5. The summed E-state index contributed by atoms with van der Waals surface area (Å²) in [6, 6.07) is 15.4. The molecular weight excluding hydrogens is 278 g/mol. The van der Waals surface area contributed by atoms with Crippen LogP contribution in [-0.2, 0) is 0 Å². The molecule has 1 unspecified atom stereocenters. The van der Waals surface area contributed by atoms with Gasteiger partial charge in [-0.1, -0.05) is 18.2 Å². The maximum atomic E-state index is 5.94. The van der Waals surface area contributed by atoms with Crippen LogP contribution < -0.4 is 10.1 Å². The van der Waals surface area contributed by atoms with Crippen LogP contribution in [0.5, 0.6) is 5.75 Å². The molecular formula is C18H21NOS. The Kier molecular flexibility index (Phi) is 4.39. The van der Waals surface area contributed by atoms with Gasteiger partial charge in [-0.3, -0.25) is 0 Å². The van der Waals surface area contributed by atoms with Gasteiger partial charge in [0.05, 0.1) is 12.6 Å². The first-order valence-corrected chi connectivity index (χ1v) is 8.63. The van der Waals surface area contributed by atoms with Gasteiger partial charge < -0.3 is 10.1 Å². The Morgan fingerprint density at radius 1 is 1.14 bits per heavy atom. The van der Waals surface area contributed by atoms with Gasteiger partial charge in [0, 0.05) is 16.1 Å². The lowest BCUT2D eigenvalue weighted by Crippen LogP contribution is -2.10. The lowest BCUT2D eigenvalue weighted by Gasteiger charge is -2.20. The second kappa shape index (κ2) is 6.44. The van der Waals surface area contributed by atoms with E-state index in [4.69, 9.17) is 4.74 Å². The van der Waals surface area contributed by atoms with Gasteiger partial charge >= 0.3 is 0 Å². The summed E-state index contributed by atoms with van der Waals surface area (Å²) in [6.07, 6.45) is 4.28. The molecule has 1 aliphatic heterocycles. The largest absolute Gasteiger partial charge is 0.493 e. The summed E-state index contributed by atoms with van der Waals surface area (Å²) in [4.78, 5) is 1.29. The van der Waals surface area contributed by atoms with E-state index in [1.165, 1.54) is 21.7 Å². The number of thioether (sulfide) groups is 1. The van der Waals surface area contributed by atoms with Gasteiger partial charge in [0.25, 0.3) is 0 Å². The molecule has 0 saturated carbocycles. The summed E-state index contributed by atoms with van der Waals surface area (Å²) >= 11 is 1.77. The van der Waals surface area contributed by atoms with Crippen molar-refractivity contribution in [1.29, 1.82) is 0 Å². The molecule has 1 heterocycles. The Balaban J connectivity index is 1.86. The van der Waals surface area contributed by atoms with Crippen LogP contribution in [-0.4, -0.2) is 12.9 Å². The summed E-state index contributed by atoms with van der Waals surface area (Å²) in [5.74, 6) is 1.06. The first kappa shape index (κ1) is 14.3. The van der Waals surface area contributed by atoms with E-state index in [1.807, 2.05) is 0 Å². The molecule has 0 radical (unpaired) electrons. The van der Waals surface area contributed by atoms with E-state index in [2.05, 4.69) is 61.0 Å². The topological polar surface area (TPSA) is 21.3 Å². The second-order valence-electron chi connectivity index (χ2n) is 5.41. The van der Waals surface area contributed by atoms with Crippen LogP contribution in [0.15, 0.2) is 47.4 Å². The number of benzene rings is 2.